The summed E-state index contributed by atoms with van der Waals surface area (Å²) in [6.45, 7) is 4.75. The Balaban J connectivity index is 1.08. The summed E-state index contributed by atoms with van der Waals surface area (Å²) >= 11 is 0. The molecule has 0 saturated carbocycles. The van der Waals surface area contributed by atoms with Gasteiger partial charge >= 0.3 is 0 Å². The van der Waals surface area contributed by atoms with Gasteiger partial charge in [-0.25, -0.2) is 0 Å². The van der Waals surface area contributed by atoms with Crippen LogP contribution in [0.25, 0.3) is 77.3 Å². The standard InChI is InChI=1S/C49H33NO/c1-49(2)39-26-27-43-45(38-13-6-8-17-42(38)51-43)46(39)47-40(49)25-24-37-33-12-5-7-16-41(33)50(48(37)47)29-20-18-28(19-21-29)30-22-23-36-32-11-4-3-10-31(32)35-15-9-14-34(30)44(35)36/h3-27,34,44H,1-2H3. The lowest BCUT2D eigenvalue weighted by Gasteiger charge is -2.31. The highest BCUT2D eigenvalue weighted by molar-refractivity contribution is 6.22. The summed E-state index contributed by atoms with van der Waals surface area (Å²) in [5.74, 6) is 0.706. The van der Waals surface area contributed by atoms with E-state index in [0.29, 0.717) is 11.8 Å². The summed E-state index contributed by atoms with van der Waals surface area (Å²) in [7, 11) is 0. The number of benzene rings is 6. The molecule has 0 spiro atoms. The van der Waals surface area contributed by atoms with Crippen LogP contribution in [0.15, 0.2) is 156 Å². The number of fused-ring (bicyclic) bond motifs is 14. The van der Waals surface area contributed by atoms with Crippen LogP contribution in [0.4, 0.5) is 0 Å². The molecule has 8 aromatic rings. The zero-order chi connectivity index (χ0) is 33.6. The first-order valence-electron chi connectivity index (χ1n) is 18.1. The Morgan fingerprint density at radius 2 is 1.25 bits per heavy atom. The molecule has 240 valence electrons. The van der Waals surface area contributed by atoms with Gasteiger partial charge in [0.25, 0.3) is 0 Å². The molecule has 2 atom stereocenters. The highest BCUT2D eigenvalue weighted by Crippen LogP contribution is 2.57. The molecule has 0 bridgehead atoms. The molecule has 4 aliphatic rings. The van der Waals surface area contributed by atoms with Crippen LogP contribution in [0.5, 0.6) is 0 Å². The second kappa shape index (κ2) is 9.56. The van der Waals surface area contributed by atoms with Crippen LogP contribution in [0.3, 0.4) is 0 Å². The third kappa shape index (κ3) is 3.43. The average molecular weight is 652 g/mol. The molecule has 0 N–H and O–H groups in total. The van der Waals surface area contributed by atoms with E-state index in [-0.39, 0.29) is 5.41 Å². The maximum Gasteiger partial charge on any atom is 0.136 e. The minimum atomic E-state index is -0.156. The second-order valence-electron chi connectivity index (χ2n) is 15.2. The van der Waals surface area contributed by atoms with Crippen LogP contribution < -0.4 is 0 Å². The van der Waals surface area contributed by atoms with Crippen molar-refractivity contribution < 1.29 is 4.42 Å². The largest absolute Gasteiger partial charge is 0.456 e. The molecule has 2 heteroatoms. The minimum absolute atomic E-state index is 0.156. The molecule has 4 aliphatic carbocycles. The van der Waals surface area contributed by atoms with E-state index in [1.54, 1.807) is 0 Å². The van der Waals surface area contributed by atoms with Gasteiger partial charge in [-0.1, -0.05) is 135 Å². The normalized spacial score (nSPS) is 19.2. The zero-order valence-corrected chi connectivity index (χ0v) is 28.4. The Kier molecular flexibility index (Phi) is 5.19. The van der Waals surface area contributed by atoms with Crippen LogP contribution in [-0.4, -0.2) is 4.57 Å². The van der Waals surface area contributed by atoms with Crippen LogP contribution >= 0.6 is 0 Å². The van der Waals surface area contributed by atoms with Crippen molar-refractivity contribution >= 4 is 60.5 Å². The van der Waals surface area contributed by atoms with Crippen molar-refractivity contribution in [2.45, 2.75) is 19.3 Å². The van der Waals surface area contributed by atoms with Gasteiger partial charge in [-0.05, 0) is 80.4 Å². The van der Waals surface area contributed by atoms with Gasteiger partial charge in [-0.15, -0.1) is 0 Å². The number of aromatic nitrogens is 1. The van der Waals surface area contributed by atoms with E-state index in [0.717, 1.165) is 11.2 Å². The van der Waals surface area contributed by atoms with E-state index in [1.807, 2.05) is 0 Å². The maximum atomic E-state index is 6.47. The number of furan rings is 1. The SMILES string of the molecule is CC1(C)c2ccc3oc4ccccc4c3c2-c2c1ccc1c3ccccc3n(-c3ccc(C4=CC=C5c6ccccc6C6=CC=CC4C65)cc3)c21. The third-order valence-electron chi connectivity index (χ3n) is 12.4. The highest BCUT2D eigenvalue weighted by atomic mass is 16.3. The lowest BCUT2D eigenvalue weighted by atomic mass is 9.72. The Labute approximate surface area is 296 Å². The maximum absolute atomic E-state index is 6.47. The van der Waals surface area contributed by atoms with Crippen molar-refractivity contribution in [3.63, 3.8) is 0 Å². The van der Waals surface area contributed by atoms with Crippen molar-refractivity contribution in [1.82, 2.24) is 4.57 Å². The molecule has 6 aromatic carbocycles. The van der Waals surface area contributed by atoms with Gasteiger partial charge in [0, 0.05) is 50.0 Å². The Bertz CT molecular complexity index is 2990. The second-order valence-corrected chi connectivity index (χ2v) is 15.2. The topological polar surface area (TPSA) is 18.1 Å². The van der Waals surface area contributed by atoms with Gasteiger partial charge in [0.2, 0.25) is 0 Å². The first-order chi connectivity index (χ1) is 25.1. The Hall–Kier alpha value is -6.12. The van der Waals surface area contributed by atoms with Crippen molar-refractivity contribution in [1.29, 1.82) is 0 Å². The van der Waals surface area contributed by atoms with E-state index in [2.05, 4.69) is 170 Å². The van der Waals surface area contributed by atoms with Gasteiger partial charge in [0.05, 0.1) is 11.0 Å². The fraction of sp³-hybridized carbons (Fsp3) is 0.102. The summed E-state index contributed by atoms with van der Waals surface area (Å²) in [5, 5.41) is 4.95. The van der Waals surface area contributed by atoms with Crippen molar-refractivity contribution in [3.05, 3.63) is 180 Å². The predicted molar refractivity (Wildman–Crippen MR) is 212 cm³/mol. The van der Waals surface area contributed by atoms with E-state index in [1.165, 1.54) is 93.9 Å². The quantitative estimate of drug-likeness (QED) is 0.182. The molecule has 0 aliphatic heterocycles. The number of hydrogen-bond acceptors (Lipinski definition) is 1. The summed E-state index contributed by atoms with van der Waals surface area (Å²) in [6, 6.07) is 44.9. The lowest BCUT2D eigenvalue weighted by molar-refractivity contribution is 0.657. The molecule has 2 aromatic heterocycles. The monoisotopic (exact) mass is 651 g/mol. The Morgan fingerprint density at radius 3 is 2.10 bits per heavy atom. The molecular formula is C49H33NO. The van der Waals surface area contributed by atoms with Crippen LogP contribution in [0.2, 0.25) is 0 Å². The molecule has 0 amide bonds. The van der Waals surface area contributed by atoms with Gasteiger partial charge in [0.1, 0.15) is 11.2 Å². The summed E-state index contributed by atoms with van der Waals surface area (Å²) < 4.78 is 8.98. The fourth-order valence-electron chi connectivity index (χ4n) is 10.2. The third-order valence-corrected chi connectivity index (χ3v) is 12.4. The Morgan fingerprint density at radius 1 is 0.569 bits per heavy atom. The molecule has 12 rings (SSSR count). The van der Waals surface area contributed by atoms with Crippen molar-refractivity contribution in [2.24, 2.45) is 11.8 Å². The lowest BCUT2D eigenvalue weighted by Crippen LogP contribution is -2.18. The number of nitrogens with zero attached hydrogens (tertiary/aromatic N) is 1. The smallest absolute Gasteiger partial charge is 0.136 e. The van der Waals surface area contributed by atoms with Gasteiger partial charge < -0.3 is 8.98 Å². The number of allylic oxidation sites excluding steroid dienone is 8. The van der Waals surface area contributed by atoms with Crippen LogP contribution in [0, 0.1) is 11.8 Å². The average Bonchev–Trinajstić information content (AvgIpc) is 3.88. The first kappa shape index (κ1) is 27.7. The predicted octanol–water partition coefficient (Wildman–Crippen LogP) is 12.7. The van der Waals surface area contributed by atoms with Crippen molar-refractivity contribution in [2.75, 3.05) is 0 Å². The van der Waals surface area contributed by atoms with Gasteiger partial charge in [0.15, 0.2) is 0 Å². The number of hydrogen-bond donors (Lipinski definition) is 0. The molecule has 2 unspecified atom stereocenters. The highest BCUT2D eigenvalue weighted by Gasteiger charge is 2.41. The van der Waals surface area contributed by atoms with E-state index in [4.69, 9.17) is 4.42 Å². The van der Waals surface area contributed by atoms with E-state index in [9.17, 15) is 0 Å². The molecule has 0 saturated heterocycles. The van der Waals surface area contributed by atoms with Gasteiger partial charge in [-0.3, -0.25) is 0 Å². The summed E-state index contributed by atoms with van der Waals surface area (Å²) in [6.07, 6.45) is 11.7. The van der Waals surface area contributed by atoms with Crippen molar-refractivity contribution in [3.8, 4) is 16.8 Å². The molecule has 2 heterocycles. The number of rotatable bonds is 2. The van der Waals surface area contributed by atoms with E-state index >= 15 is 0 Å². The molecule has 0 fully saturated rings. The molecule has 0 radical (unpaired) electrons. The summed E-state index contributed by atoms with van der Waals surface area (Å²) in [5.41, 5.74) is 19.1. The van der Waals surface area contributed by atoms with Gasteiger partial charge in [-0.2, -0.15) is 0 Å². The first-order valence-corrected chi connectivity index (χ1v) is 18.1. The number of para-hydroxylation sites is 2. The molecular weight excluding hydrogens is 619 g/mol. The zero-order valence-electron chi connectivity index (χ0n) is 28.4. The molecule has 51 heavy (non-hydrogen) atoms. The van der Waals surface area contributed by atoms with E-state index < -0.39 is 0 Å². The molecule has 2 nitrogen and oxygen atoms in total. The minimum Gasteiger partial charge on any atom is -0.456 e. The van der Waals surface area contributed by atoms with Crippen LogP contribution in [0.1, 0.15) is 41.7 Å². The fourth-order valence-corrected chi connectivity index (χ4v) is 10.2. The van der Waals surface area contributed by atoms with Crippen LogP contribution in [-0.2, 0) is 5.41 Å². The summed E-state index contributed by atoms with van der Waals surface area (Å²) in [4.78, 5) is 0.